The van der Waals surface area contributed by atoms with Crippen molar-refractivity contribution in [1.29, 1.82) is 0 Å². The lowest BCUT2D eigenvalue weighted by Gasteiger charge is -2.24. The molecule has 3 heterocycles. The van der Waals surface area contributed by atoms with Crippen LogP contribution in [-0.4, -0.2) is 37.1 Å². The molecule has 0 radical (unpaired) electrons. The van der Waals surface area contributed by atoms with E-state index in [0.29, 0.717) is 17.4 Å². The predicted octanol–water partition coefficient (Wildman–Crippen LogP) is 0.715. The van der Waals surface area contributed by atoms with Crippen LogP contribution < -0.4 is 16.0 Å². The lowest BCUT2D eigenvalue weighted by atomic mass is 9.94. The molecule has 112 valence electrons. The van der Waals surface area contributed by atoms with Crippen molar-refractivity contribution in [2.24, 2.45) is 17.6 Å². The number of carbonyl (C=O) groups is 1. The van der Waals surface area contributed by atoms with E-state index < -0.39 is 0 Å². The van der Waals surface area contributed by atoms with E-state index in [0.717, 1.165) is 44.8 Å². The van der Waals surface area contributed by atoms with Gasteiger partial charge in [0.25, 0.3) is 5.91 Å². The number of hydrogen-bond acceptors (Lipinski definition) is 4. The third kappa shape index (κ3) is 2.20. The zero-order valence-corrected chi connectivity index (χ0v) is 12.3. The minimum Gasteiger partial charge on any atom is -0.365 e. The maximum Gasteiger partial charge on any atom is 0.252 e. The van der Waals surface area contributed by atoms with Gasteiger partial charge >= 0.3 is 0 Å². The molecule has 0 bridgehead atoms. The molecule has 5 nitrogen and oxygen atoms in total. The van der Waals surface area contributed by atoms with Crippen LogP contribution in [-0.2, 0) is 12.8 Å². The summed E-state index contributed by atoms with van der Waals surface area (Å²) in [7, 11) is 0. The Hall–Kier alpha value is -1.62. The van der Waals surface area contributed by atoms with Crippen LogP contribution in [0.25, 0.3) is 0 Å². The summed E-state index contributed by atoms with van der Waals surface area (Å²) < 4.78 is 0. The number of amides is 1. The van der Waals surface area contributed by atoms with Gasteiger partial charge in [-0.25, -0.2) is 4.98 Å². The first-order chi connectivity index (χ1) is 10.2. The molecule has 4 rings (SSSR count). The molecule has 2 fully saturated rings. The molecule has 0 spiro atoms. The van der Waals surface area contributed by atoms with E-state index in [1.54, 1.807) is 0 Å². The van der Waals surface area contributed by atoms with Gasteiger partial charge < -0.3 is 16.0 Å². The summed E-state index contributed by atoms with van der Waals surface area (Å²) in [4.78, 5) is 19.0. The zero-order valence-electron chi connectivity index (χ0n) is 12.3. The van der Waals surface area contributed by atoms with Crippen LogP contribution in [0.3, 0.4) is 0 Å². The van der Waals surface area contributed by atoms with E-state index in [9.17, 15) is 4.79 Å². The average molecular weight is 286 g/mol. The lowest BCUT2D eigenvalue weighted by Crippen LogP contribution is -2.29. The summed E-state index contributed by atoms with van der Waals surface area (Å²) in [6.07, 6.45) is 4.44. The normalized spacial score (nSPS) is 27.5. The summed E-state index contributed by atoms with van der Waals surface area (Å²) in [5.74, 6) is 1.85. The van der Waals surface area contributed by atoms with Gasteiger partial charge in [0.15, 0.2) is 0 Å². The van der Waals surface area contributed by atoms with Crippen LogP contribution >= 0.6 is 0 Å². The Balaban J connectivity index is 1.71. The lowest BCUT2D eigenvalue weighted by molar-refractivity contribution is 0.100. The van der Waals surface area contributed by atoms with Crippen LogP contribution in [0.4, 0.5) is 5.82 Å². The number of aryl methyl sites for hydroxylation is 2. The highest BCUT2D eigenvalue weighted by molar-refractivity contribution is 5.98. The molecule has 3 N–H and O–H groups in total. The molecule has 1 amide bonds. The minimum absolute atomic E-state index is 0.346. The number of nitrogens with zero attached hydrogens (tertiary/aromatic N) is 2. The van der Waals surface area contributed by atoms with Crippen LogP contribution in [0.5, 0.6) is 0 Å². The molecule has 2 unspecified atom stereocenters. The van der Waals surface area contributed by atoms with Crippen molar-refractivity contribution < 1.29 is 4.79 Å². The van der Waals surface area contributed by atoms with Crippen molar-refractivity contribution in [3.8, 4) is 0 Å². The highest BCUT2D eigenvalue weighted by Crippen LogP contribution is 2.33. The Morgan fingerprint density at radius 2 is 1.95 bits per heavy atom. The first-order valence-electron chi connectivity index (χ1n) is 8.00. The molecule has 5 heteroatoms. The topological polar surface area (TPSA) is 71.2 Å². The quantitative estimate of drug-likeness (QED) is 0.840. The number of anilines is 1. The molecule has 1 aromatic rings. The molecular formula is C16H22N4O. The second-order valence-corrected chi connectivity index (χ2v) is 6.62. The molecule has 1 aliphatic carbocycles. The number of aromatic nitrogens is 1. The maximum absolute atomic E-state index is 11.9. The molecule has 2 atom stereocenters. The van der Waals surface area contributed by atoms with Gasteiger partial charge in [0.2, 0.25) is 0 Å². The molecule has 2 aliphatic heterocycles. The van der Waals surface area contributed by atoms with Crippen molar-refractivity contribution in [2.75, 3.05) is 31.1 Å². The Bertz CT molecular complexity index is 574. The fourth-order valence-corrected chi connectivity index (χ4v) is 4.07. The van der Waals surface area contributed by atoms with Crippen molar-refractivity contribution in [2.45, 2.75) is 25.7 Å². The van der Waals surface area contributed by atoms with E-state index in [4.69, 9.17) is 10.7 Å². The third-order valence-corrected chi connectivity index (χ3v) is 5.24. The van der Waals surface area contributed by atoms with E-state index in [2.05, 4.69) is 10.2 Å². The number of hydrogen-bond donors (Lipinski definition) is 2. The molecule has 2 saturated heterocycles. The summed E-state index contributed by atoms with van der Waals surface area (Å²) in [5.41, 5.74) is 8.63. The Morgan fingerprint density at radius 1 is 1.24 bits per heavy atom. The van der Waals surface area contributed by atoms with Gasteiger partial charge in [0.05, 0.1) is 5.56 Å². The van der Waals surface area contributed by atoms with Crippen LogP contribution in [0.15, 0.2) is 6.07 Å². The van der Waals surface area contributed by atoms with Crippen molar-refractivity contribution in [3.05, 3.63) is 22.9 Å². The Kier molecular flexibility index (Phi) is 3.10. The summed E-state index contributed by atoms with van der Waals surface area (Å²) in [6.45, 7) is 4.14. The van der Waals surface area contributed by atoms with E-state index in [1.165, 1.54) is 24.1 Å². The minimum atomic E-state index is -0.346. The van der Waals surface area contributed by atoms with E-state index in [1.807, 2.05) is 6.07 Å². The fraction of sp³-hybridized carbons (Fsp3) is 0.625. The van der Waals surface area contributed by atoms with Gasteiger partial charge in [0, 0.05) is 31.9 Å². The smallest absolute Gasteiger partial charge is 0.252 e. The van der Waals surface area contributed by atoms with Gasteiger partial charge in [-0.1, -0.05) is 0 Å². The number of carbonyl (C=O) groups excluding carboxylic acids is 1. The van der Waals surface area contributed by atoms with Gasteiger partial charge in [0.1, 0.15) is 5.82 Å². The molecule has 1 aromatic heterocycles. The number of fused-ring (bicyclic) bond motifs is 2. The fourth-order valence-electron chi connectivity index (χ4n) is 4.07. The summed E-state index contributed by atoms with van der Waals surface area (Å²) >= 11 is 0. The van der Waals surface area contributed by atoms with Gasteiger partial charge in [-0.3, -0.25) is 4.79 Å². The highest BCUT2D eigenvalue weighted by atomic mass is 16.1. The monoisotopic (exact) mass is 286 g/mol. The van der Waals surface area contributed by atoms with E-state index >= 15 is 0 Å². The number of pyridine rings is 1. The van der Waals surface area contributed by atoms with Crippen LogP contribution in [0.1, 0.15) is 34.5 Å². The van der Waals surface area contributed by atoms with Gasteiger partial charge in [-0.05, 0) is 49.1 Å². The Labute approximate surface area is 124 Å². The SMILES string of the molecule is NC(=O)c1cc2c(nc1N1CC3CNCC3C1)CCCC2. The first-order valence-corrected chi connectivity index (χ1v) is 8.00. The first kappa shape index (κ1) is 13.1. The number of primary amides is 1. The molecular weight excluding hydrogens is 264 g/mol. The van der Waals surface area contributed by atoms with Crippen LogP contribution in [0, 0.1) is 11.8 Å². The van der Waals surface area contributed by atoms with Gasteiger partial charge in [-0.15, -0.1) is 0 Å². The number of nitrogens with one attached hydrogen (secondary N) is 1. The Morgan fingerprint density at radius 3 is 2.67 bits per heavy atom. The predicted molar refractivity (Wildman–Crippen MR) is 81.5 cm³/mol. The summed E-state index contributed by atoms with van der Waals surface area (Å²) in [6, 6.07) is 2.01. The molecule has 3 aliphatic rings. The van der Waals surface area contributed by atoms with Crippen molar-refractivity contribution in [1.82, 2.24) is 10.3 Å². The number of nitrogens with two attached hydrogens (primary N) is 1. The molecule has 0 saturated carbocycles. The third-order valence-electron chi connectivity index (χ3n) is 5.24. The highest BCUT2D eigenvalue weighted by Gasteiger charge is 2.38. The molecule has 21 heavy (non-hydrogen) atoms. The zero-order chi connectivity index (χ0) is 14.4. The summed E-state index contributed by atoms with van der Waals surface area (Å²) in [5, 5.41) is 3.44. The second kappa shape index (κ2) is 4.98. The van der Waals surface area contributed by atoms with Crippen LogP contribution in [0.2, 0.25) is 0 Å². The number of rotatable bonds is 2. The van der Waals surface area contributed by atoms with E-state index in [-0.39, 0.29) is 5.91 Å². The van der Waals surface area contributed by atoms with Crippen molar-refractivity contribution in [3.63, 3.8) is 0 Å². The second-order valence-electron chi connectivity index (χ2n) is 6.62. The largest absolute Gasteiger partial charge is 0.365 e. The average Bonchev–Trinajstić information content (AvgIpc) is 3.07. The standard InChI is InChI=1S/C16H22N4O/c17-15(21)13-5-10-3-1-2-4-14(10)19-16(13)20-8-11-6-18-7-12(11)9-20/h5,11-12,18H,1-4,6-9H2,(H2,17,21). The van der Waals surface area contributed by atoms with Gasteiger partial charge in [-0.2, -0.15) is 0 Å². The maximum atomic E-state index is 11.9. The van der Waals surface area contributed by atoms with Crippen molar-refractivity contribution >= 4 is 11.7 Å². The molecule has 0 aromatic carbocycles.